The average molecular weight is 277 g/mol. The van der Waals surface area contributed by atoms with Gasteiger partial charge in [-0.05, 0) is 0 Å². The molecule has 0 saturated carbocycles. The summed E-state index contributed by atoms with van der Waals surface area (Å²) < 4.78 is 6.87. The van der Waals surface area contributed by atoms with E-state index in [1.165, 1.54) is 32.2 Å². The van der Waals surface area contributed by atoms with Gasteiger partial charge in [0.15, 0.2) is 0 Å². The fraction of sp³-hybridized carbons (Fsp3) is 1.00. The van der Waals surface area contributed by atoms with Gasteiger partial charge in [0.2, 0.25) is 0 Å². The van der Waals surface area contributed by atoms with Crippen LogP contribution in [-0.2, 0) is 0 Å². The molecular weight excluding hydrogens is 253 g/mol. The van der Waals surface area contributed by atoms with Crippen molar-refractivity contribution in [2.75, 3.05) is 6.54 Å². The van der Waals surface area contributed by atoms with Gasteiger partial charge in [0.05, 0.1) is 0 Å². The number of nitrogens with one attached hydrogen (secondary N) is 1. The zero-order chi connectivity index (χ0) is 9.23. The monoisotopic (exact) mass is 278 g/mol. The molecule has 12 heavy (non-hydrogen) atoms. The molecule has 0 aliphatic rings. The second kappa shape index (κ2) is 9.84. The van der Waals surface area contributed by atoms with E-state index in [0.717, 1.165) is 0 Å². The van der Waals surface area contributed by atoms with Crippen molar-refractivity contribution in [3.05, 3.63) is 0 Å². The molecule has 0 aliphatic heterocycles. The van der Waals surface area contributed by atoms with Gasteiger partial charge in [-0.3, -0.25) is 0 Å². The van der Waals surface area contributed by atoms with E-state index in [2.05, 4.69) is 24.3 Å². The van der Waals surface area contributed by atoms with Crippen molar-refractivity contribution in [3.8, 4) is 0 Å². The Kier molecular flexibility index (Phi) is 10.5. The first-order valence-electron chi connectivity index (χ1n) is 5.43. The molecule has 0 aromatic carbocycles. The Bertz CT molecular complexity index is 77.9. The van der Waals surface area contributed by atoms with Crippen LogP contribution in [0.2, 0.25) is 8.87 Å². The number of rotatable bonds is 8. The summed E-state index contributed by atoms with van der Waals surface area (Å²) in [6.07, 6.45) is 5.68. The van der Waals surface area contributed by atoms with Gasteiger partial charge in [0.1, 0.15) is 0 Å². The van der Waals surface area contributed by atoms with E-state index in [1.807, 2.05) is 0 Å². The fourth-order valence-electron chi connectivity index (χ4n) is 1.33. The third-order valence-electron chi connectivity index (χ3n) is 2.09. The zero-order valence-corrected chi connectivity index (χ0v) is 11.8. The van der Waals surface area contributed by atoms with Crippen LogP contribution in [0.5, 0.6) is 0 Å². The minimum atomic E-state index is -1.06. The molecule has 0 fully saturated rings. The molecule has 0 aromatic rings. The number of hydrogen-bond acceptors (Lipinski definition) is 1. The average Bonchev–Trinajstić information content (AvgIpc) is 2.10. The van der Waals surface area contributed by atoms with E-state index in [0.29, 0.717) is 0 Å². The Balaban J connectivity index is 3.40. The van der Waals surface area contributed by atoms with Crippen LogP contribution in [0.15, 0.2) is 0 Å². The van der Waals surface area contributed by atoms with Gasteiger partial charge < -0.3 is 0 Å². The van der Waals surface area contributed by atoms with Gasteiger partial charge in [-0.1, -0.05) is 0 Å². The molecule has 73 valence electrons. The predicted octanol–water partition coefficient (Wildman–Crippen LogP) is 3.19. The van der Waals surface area contributed by atoms with E-state index in [-0.39, 0.29) is 0 Å². The number of hydrogen-bond donors (Lipinski definition) is 1. The molecule has 0 atom stereocenters. The maximum atomic E-state index is 3.75. The van der Waals surface area contributed by atoms with Crippen LogP contribution in [0.25, 0.3) is 0 Å². The van der Waals surface area contributed by atoms with Gasteiger partial charge in [-0.25, -0.2) is 0 Å². The molecule has 1 N–H and O–H groups in total. The normalized spacial score (nSPS) is 11.0. The molecule has 0 amide bonds. The van der Waals surface area contributed by atoms with Crippen molar-refractivity contribution < 1.29 is 0 Å². The van der Waals surface area contributed by atoms with E-state index < -0.39 is 20.0 Å². The SMILES string of the molecule is CCC[CH2][Sn]([CH2]CCC)[NH]CC. The van der Waals surface area contributed by atoms with Crippen molar-refractivity contribution in [1.29, 1.82) is 0 Å². The molecule has 0 rings (SSSR count). The Morgan fingerprint density at radius 1 is 0.917 bits per heavy atom. The fourth-order valence-corrected chi connectivity index (χ4v) is 8.94. The zero-order valence-electron chi connectivity index (χ0n) is 8.95. The van der Waals surface area contributed by atoms with Gasteiger partial charge >= 0.3 is 85.4 Å². The second-order valence-electron chi connectivity index (χ2n) is 3.34. The first kappa shape index (κ1) is 12.8. The molecule has 0 heterocycles. The van der Waals surface area contributed by atoms with Crippen molar-refractivity contribution in [2.24, 2.45) is 0 Å². The molecule has 1 nitrogen and oxygen atoms in total. The summed E-state index contributed by atoms with van der Waals surface area (Å²) >= 11 is -1.06. The second-order valence-corrected chi connectivity index (χ2v) is 10.6. The van der Waals surface area contributed by atoms with Gasteiger partial charge in [0, 0.05) is 0 Å². The number of unbranched alkanes of at least 4 members (excludes halogenated alkanes) is 2. The summed E-state index contributed by atoms with van der Waals surface area (Å²) in [5.74, 6) is 0. The topological polar surface area (TPSA) is 12.0 Å². The third kappa shape index (κ3) is 7.41. The first-order chi connectivity index (χ1) is 5.85. The summed E-state index contributed by atoms with van der Waals surface area (Å²) in [6.45, 7) is 8.06. The van der Waals surface area contributed by atoms with Gasteiger partial charge in [0.25, 0.3) is 0 Å². The Morgan fingerprint density at radius 2 is 1.42 bits per heavy atom. The van der Waals surface area contributed by atoms with Gasteiger partial charge in [-0.2, -0.15) is 0 Å². The molecule has 0 bridgehead atoms. The van der Waals surface area contributed by atoms with Crippen LogP contribution >= 0.6 is 0 Å². The summed E-state index contributed by atoms with van der Waals surface area (Å²) in [5, 5.41) is 0. The third-order valence-corrected chi connectivity index (χ3v) is 9.99. The van der Waals surface area contributed by atoms with E-state index in [9.17, 15) is 0 Å². The molecule has 0 aliphatic carbocycles. The van der Waals surface area contributed by atoms with Gasteiger partial charge in [-0.15, -0.1) is 0 Å². The standard InChI is InChI=1S/2C4H9.C2H6N.Sn/c2*1-3-4-2;1-2-3;/h2*1,3-4H2,2H3;3H,2H2,1H3;/q;;-1;+1. The predicted molar refractivity (Wildman–Crippen MR) is 58.9 cm³/mol. The van der Waals surface area contributed by atoms with E-state index >= 15 is 0 Å². The molecule has 0 aromatic heterocycles. The van der Waals surface area contributed by atoms with Crippen LogP contribution in [0, 0.1) is 0 Å². The quantitative estimate of drug-likeness (QED) is 0.672. The first-order valence-corrected chi connectivity index (χ1v) is 10.9. The Morgan fingerprint density at radius 3 is 1.75 bits per heavy atom. The van der Waals surface area contributed by atoms with Crippen LogP contribution in [0.4, 0.5) is 0 Å². The maximum absolute atomic E-state index is 3.75. The molecular formula is C10H24NSn. The molecule has 1 radical (unpaired) electrons. The molecule has 0 spiro atoms. The summed E-state index contributed by atoms with van der Waals surface area (Å²) in [5.41, 5.74) is 0. The summed E-state index contributed by atoms with van der Waals surface area (Å²) in [7, 11) is 0. The van der Waals surface area contributed by atoms with Crippen LogP contribution in [-0.4, -0.2) is 26.6 Å². The van der Waals surface area contributed by atoms with Crippen LogP contribution < -0.4 is 3.54 Å². The summed E-state index contributed by atoms with van der Waals surface area (Å²) in [4.78, 5) is 0. The molecule has 0 unspecified atom stereocenters. The van der Waals surface area contributed by atoms with E-state index in [1.54, 1.807) is 8.87 Å². The Labute approximate surface area is 85.4 Å². The van der Waals surface area contributed by atoms with Crippen molar-refractivity contribution >= 4 is 20.0 Å². The van der Waals surface area contributed by atoms with Crippen molar-refractivity contribution in [1.82, 2.24) is 3.54 Å². The summed E-state index contributed by atoms with van der Waals surface area (Å²) in [6, 6.07) is 0. The van der Waals surface area contributed by atoms with Crippen LogP contribution in [0.1, 0.15) is 46.5 Å². The molecule has 0 saturated heterocycles. The Hall–Kier alpha value is 0.759. The van der Waals surface area contributed by atoms with Crippen LogP contribution in [0.3, 0.4) is 0 Å². The van der Waals surface area contributed by atoms with Crippen molar-refractivity contribution in [3.63, 3.8) is 0 Å². The van der Waals surface area contributed by atoms with E-state index in [4.69, 9.17) is 0 Å². The molecule has 2 heteroatoms. The minimum absolute atomic E-state index is 1.06. The van der Waals surface area contributed by atoms with Crippen molar-refractivity contribution in [2.45, 2.75) is 55.3 Å².